The molecule has 1 aromatic carbocycles. The third-order valence-corrected chi connectivity index (χ3v) is 6.74. The maximum Gasteiger partial charge on any atom is 0.328 e. The number of hydrogen-bond donors (Lipinski definition) is 3. The van der Waals surface area contributed by atoms with Crippen LogP contribution in [0, 0.1) is 0 Å². The van der Waals surface area contributed by atoms with Crippen molar-refractivity contribution < 1.29 is 22.8 Å². The summed E-state index contributed by atoms with van der Waals surface area (Å²) in [5.74, 6) is -0.289. The molecule has 0 fully saturated rings. The van der Waals surface area contributed by atoms with Crippen LogP contribution < -0.4 is 15.4 Å². The third kappa shape index (κ3) is 4.97. The van der Waals surface area contributed by atoms with Crippen LogP contribution in [-0.2, 0) is 23.0 Å². The molecule has 2 heterocycles. The van der Waals surface area contributed by atoms with Crippen molar-refractivity contribution in [1.82, 2.24) is 20.3 Å². The minimum atomic E-state index is -3.95. The second-order valence-corrected chi connectivity index (χ2v) is 9.25. The average molecular weight is 451 g/mol. The van der Waals surface area contributed by atoms with Crippen LogP contribution in [0.25, 0.3) is 0 Å². The molecular formula is C19H22N4O5S2. The zero-order valence-electron chi connectivity index (χ0n) is 16.3. The van der Waals surface area contributed by atoms with E-state index in [9.17, 15) is 22.8 Å². The predicted molar refractivity (Wildman–Crippen MR) is 112 cm³/mol. The van der Waals surface area contributed by atoms with Crippen LogP contribution in [0.5, 0.6) is 0 Å². The molecule has 0 unspecified atom stereocenters. The highest BCUT2D eigenvalue weighted by molar-refractivity contribution is 7.90. The summed E-state index contributed by atoms with van der Waals surface area (Å²) >= 11 is 1.32. The summed E-state index contributed by atoms with van der Waals surface area (Å²) in [5, 5.41) is 6.98. The quantitative estimate of drug-likeness (QED) is 0.595. The fourth-order valence-corrected chi connectivity index (χ4v) is 4.67. The van der Waals surface area contributed by atoms with Gasteiger partial charge in [-0.15, -0.1) is 11.3 Å². The van der Waals surface area contributed by atoms with Crippen molar-refractivity contribution in [3.05, 3.63) is 51.7 Å². The summed E-state index contributed by atoms with van der Waals surface area (Å²) in [6.07, 6.45) is 1.15. The molecule has 0 saturated carbocycles. The molecule has 3 rings (SSSR count). The van der Waals surface area contributed by atoms with Gasteiger partial charge in [-0.3, -0.25) is 9.69 Å². The van der Waals surface area contributed by atoms with Gasteiger partial charge in [0.25, 0.3) is 15.9 Å². The third-order valence-electron chi connectivity index (χ3n) is 4.45. The number of nitrogens with one attached hydrogen (secondary N) is 3. The van der Waals surface area contributed by atoms with E-state index in [0.717, 1.165) is 11.1 Å². The van der Waals surface area contributed by atoms with E-state index in [0.29, 0.717) is 30.8 Å². The van der Waals surface area contributed by atoms with Gasteiger partial charge in [-0.2, -0.15) is 0 Å². The smallest absolute Gasteiger partial charge is 0.328 e. The number of nitrogens with zero attached hydrogens (tertiary/aromatic N) is 1. The summed E-state index contributed by atoms with van der Waals surface area (Å²) in [6, 6.07) is 6.64. The molecule has 0 aliphatic carbocycles. The topological polar surface area (TPSA) is 125 Å². The molecule has 1 aliphatic rings. The number of fused-ring (bicyclic) bond motifs is 1. The van der Waals surface area contributed by atoms with Gasteiger partial charge in [-0.1, -0.05) is 19.1 Å². The number of thiophene rings is 1. The number of urea groups is 2. The van der Waals surface area contributed by atoms with E-state index in [1.54, 1.807) is 12.1 Å². The lowest BCUT2D eigenvalue weighted by molar-refractivity contribution is 0.0824. The molecule has 30 heavy (non-hydrogen) atoms. The molecule has 1 aliphatic heterocycles. The van der Waals surface area contributed by atoms with Crippen molar-refractivity contribution in [1.29, 1.82) is 0 Å². The molecule has 2 aromatic rings. The van der Waals surface area contributed by atoms with Gasteiger partial charge < -0.3 is 10.6 Å². The maximum atomic E-state index is 12.2. The lowest BCUT2D eigenvalue weighted by Crippen LogP contribution is -2.40. The number of carbonyl (C=O) groups is 3. The Morgan fingerprint density at radius 3 is 2.50 bits per heavy atom. The van der Waals surface area contributed by atoms with E-state index in [1.165, 1.54) is 28.4 Å². The lowest BCUT2D eigenvalue weighted by Gasteiger charge is -2.15. The Balaban J connectivity index is 1.49. The molecule has 0 saturated heterocycles. The Morgan fingerprint density at radius 2 is 1.83 bits per heavy atom. The Hall–Kier alpha value is -2.92. The highest BCUT2D eigenvalue weighted by atomic mass is 32.2. The highest BCUT2D eigenvalue weighted by Gasteiger charge is 2.32. The van der Waals surface area contributed by atoms with Crippen molar-refractivity contribution in [3.63, 3.8) is 0 Å². The van der Waals surface area contributed by atoms with E-state index in [-0.39, 0.29) is 17.3 Å². The zero-order chi connectivity index (χ0) is 21.7. The minimum Gasteiger partial charge on any atom is -0.337 e. The number of rotatable bonds is 7. The summed E-state index contributed by atoms with van der Waals surface area (Å²) < 4.78 is 26.4. The molecule has 1 aromatic heterocycles. The van der Waals surface area contributed by atoms with Crippen LogP contribution in [0.3, 0.4) is 0 Å². The molecule has 3 N–H and O–H groups in total. The van der Waals surface area contributed by atoms with Gasteiger partial charge in [-0.05, 0) is 47.5 Å². The average Bonchev–Trinajstić information content (AvgIpc) is 3.29. The predicted octanol–water partition coefficient (Wildman–Crippen LogP) is 2.05. The molecule has 0 atom stereocenters. The summed E-state index contributed by atoms with van der Waals surface area (Å²) in [7, 11) is -3.95. The van der Waals surface area contributed by atoms with Crippen LogP contribution in [0.4, 0.5) is 9.59 Å². The Kier molecular flexibility index (Phi) is 6.73. The maximum absolute atomic E-state index is 12.2. The fraction of sp³-hybridized carbons (Fsp3) is 0.316. The van der Waals surface area contributed by atoms with E-state index in [4.69, 9.17) is 0 Å². The summed E-state index contributed by atoms with van der Waals surface area (Å²) in [6.45, 7) is 2.80. The largest absolute Gasteiger partial charge is 0.337 e. The van der Waals surface area contributed by atoms with Crippen LogP contribution in [-0.4, -0.2) is 44.4 Å². The van der Waals surface area contributed by atoms with E-state index in [2.05, 4.69) is 10.6 Å². The molecule has 160 valence electrons. The van der Waals surface area contributed by atoms with Gasteiger partial charge in [0.1, 0.15) is 0 Å². The standard InChI is InChI=1S/C19H22N4O5S2/c1-2-9-20-18(25)22-30(27,28)15-5-3-13(4-6-15)7-10-21-19(26)23-12-14-8-11-29-16(14)17(23)24/h3-6,8,11H,2,7,9-10,12H2,1H3,(H,21,26)(H2,20,22,25). The normalized spacial score (nSPS) is 13.1. The van der Waals surface area contributed by atoms with Gasteiger partial charge in [0.05, 0.1) is 16.3 Å². The van der Waals surface area contributed by atoms with Gasteiger partial charge in [0.2, 0.25) is 0 Å². The van der Waals surface area contributed by atoms with Crippen molar-refractivity contribution in [3.8, 4) is 0 Å². The summed E-state index contributed by atoms with van der Waals surface area (Å²) in [4.78, 5) is 37.7. The minimum absolute atomic E-state index is 0.0317. The molecule has 9 nitrogen and oxygen atoms in total. The number of sulfonamides is 1. The molecule has 0 bridgehead atoms. The van der Waals surface area contributed by atoms with Gasteiger partial charge in [0, 0.05) is 13.1 Å². The number of hydrogen-bond acceptors (Lipinski definition) is 6. The Morgan fingerprint density at radius 1 is 1.10 bits per heavy atom. The molecule has 5 amide bonds. The fourth-order valence-electron chi connectivity index (χ4n) is 2.88. The van der Waals surface area contributed by atoms with Crippen LogP contribution in [0.1, 0.15) is 34.1 Å². The van der Waals surface area contributed by atoms with Crippen molar-refractivity contribution in [2.75, 3.05) is 13.1 Å². The van der Waals surface area contributed by atoms with Gasteiger partial charge >= 0.3 is 12.1 Å². The first-order valence-electron chi connectivity index (χ1n) is 9.37. The molecular weight excluding hydrogens is 428 g/mol. The molecule has 0 radical (unpaired) electrons. The second-order valence-electron chi connectivity index (χ2n) is 6.65. The first kappa shape index (κ1) is 21.8. The van der Waals surface area contributed by atoms with Gasteiger partial charge in [-0.25, -0.2) is 22.7 Å². The number of amides is 5. The number of benzene rings is 1. The summed E-state index contributed by atoms with van der Waals surface area (Å²) in [5.41, 5.74) is 1.66. The van der Waals surface area contributed by atoms with Crippen LogP contribution in [0.15, 0.2) is 40.6 Å². The lowest BCUT2D eigenvalue weighted by atomic mass is 10.1. The SMILES string of the molecule is CCCNC(=O)NS(=O)(=O)c1ccc(CCNC(=O)N2Cc3ccsc3C2=O)cc1. The second kappa shape index (κ2) is 9.26. The van der Waals surface area contributed by atoms with Crippen molar-refractivity contribution >= 4 is 39.3 Å². The van der Waals surface area contributed by atoms with Crippen LogP contribution in [0.2, 0.25) is 0 Å². The first-order chi connectivity index (χ1) is 14.3. The zero-order valence-corrected chi connectivity index (χ0v) is 17.9. The molecule has 11 heteroatoms. The Labute approximate surface area is 178 Å². The van der Waals surface area contributed by atoms with E-state index < -0.39 is 22.1 Å². The molecule has 0 spiro atoms. The number of imide groups is 1. The van der Waals surface area contributed by atoms with Crippen LogP contribution >= 0.6 is 11.3 Å². The van der Waals surface area contributed by atoms with E-state index >= 15 is 0 Å². The van der Waals surface area contributed by atoms with Gasteiger partial charge in [0.15, 0.2) is 0 Å². The highest BCUT2D eigenvalue weighted by Crippen LogP contribution is 2.27. The van der Waals surface area contributed by atoms with E-state index in [1.807, 2.05) is 23.1 Å². The first-order valence-corrected chi connectivity index (χ1v) is 11.7. The van der Waals surface area contributed by atoms with Crippen molar-refractivity contribution in [2.45, 2.75) is 31.2 Å². The van der Waals surface area contributed by atoms with Crippen molar-refractivity contribution in [2.24, 2.45) is 0 Å². The number of carbonyl (C=O) groups excluding carboxylic acids is 3. The Bertz CT molecular complexity index is 1050. The monoisotopic (exact) mass is 450 g/mol.